The molecule has 3 aliphatic heterocycles. The third-order valence-corrected chi connectivity index (χ3v) is 6.32. The number of carbonyl (C=O) groups is 2. The second-order valence-corrected chi connectivity index (χ2v) is 7.88. The van der Waals surface area contributed by atoms with Crippen LogP contribution < -0.4 is 5.32 Å². The predicted octanol–water partition coefficient (Wildman–Crippen LogP) is 3.08. The number of furan rings is 1. The molecule has 8 heteroatoms. The molecule has 0 radical (unpaired) electrons. The van der Waals surface area contributed by atoms with E-state index in [-0.39, 0.29) is 18.4 Å². The Kier molecular flexibility index (Phi) is 5.40. The Morgan fingerprint density at radius 3 is 2.71 bits per heavy atom. The van der Waals surface area contributed by atoms with Crippen LogP contribution >= 0.6 is 11.5 Å². The number of aromatic nitrogens is 1. The molecule has 2 N–H and O–H groups in total. The number of hydrogen-bond donors (Lipinski definition) is 2. The van der Waals surface area contributed by atoms with Gasteiger partial charge in [-0.2, -0.15) is 4.37 Å². The van der Waals surface area contributed by atoms with Gasteiger partial charge in [-0.15, -0.1) is 0 Å². The van der Waals surface area contributed by atoms with Crippen LogP contribution in [0.4, 0.5) is 0 Å². The Bertz CT molecular complexity index is 961. The summed E-state index contributed by atoms with van der Waals surface area (Å²) in [6.07, 6.45) is 5.77. The highest BCUT2D eigenvalue weighted by Gasteiger charge is 2.35. The van der Waals surface area contributed by atoms with Gasteiger partial charge >= 0.3 is 0 Å². The van der Waals surface area contributed by atoms with E-state index in [2.05, 4.69) is 20.7 Å². The molecule has 146 valence electrons. The first-order valence-electron chi connectivity index (χ1n) is 9.22. The van der Waals surface area contributed by atoms with E-state index in [4.69, 9.17) is 14.3 Å². The number of fused-ring (bicyclic) bond motifs is 4. The molecule has 1 aromatic carbocycles. The maximum absolute atomic E-state index is 12.8. The van der Waals surface area contributed by atoms with Gasteiger partial charge in [-0.25, -0.2) is 0 Å². The third-order valence-electron chi connectivity index (χ3n) is 5.51. The number of benzene rings is 1. The van der Waals surface area contributed by atoms with Gasteiger partial charge in [-0.3, -0.25) is 9.59 Å². The fraction of sp³-hybridized carbons (Fsp3) is 0.350. The van der Waals surface area contributed by atoms with Crippen molar-refractivity contribution < 1.29 is 19.1 Å². The zero-order valence-electron chi connectivity index (χ0n) is 15.2. The maximum Gasteiger partial charge on any atom is 0.290 e. The first-order chi connectivity index (χ1) is 13.7. The average Bonchev–Trinajstić information content (AvgIpc) is 3.39. The maximum atomic E-state index is 12.8. The van der Waals surface area contributed by atoms with Crippen molar-refractivity contribution in [1.82, 2.24) is 14.6 Å². The summed E-state index contributed by atoms with van der Waals surface area (Å²) in [6.45, 7) is 3.07. The highest BCUT2D eigenvalue weighted by Crippen LogP contribution is 2.30. The van der Waals surface area contributed by atoms with Gasteiger partial charge in [0.25, 0.3) is 12.4 Å². The lowest BCUT2D eigenvalue weighted by molar-refractivity contribution is -0.122. The number of hydrogen-bond acceptors (Lipinski definition) is 6. The van der Waals surface area contributed by atoms with Crippen molar-refractivity contribution in [3.8, 4) is 11.1 Å². The molecule has 6 rings (SSSR count). The zero-order chi connectivity index (χ0) is 19.5. The molecule has 3 fully saturated rings. The summed E-state index contributed by atoms with van der Waals surface area (Å²) in [5.74, 6) is 0.576. The van der Waals surface area contributed by atoms with E-state index in [0.29, 0.717) is 11.6 Å². The van der Waals surface area contributed by atoms with E-state index in [1.807, 2.05) is 18.2 Å². The minimum absolute atomic E-state index is 0.0407. The Labute approximate surface area is 166 Å². The van der Waals surface area contributed by atoms with E-state index in [1.54, 1.807) is 12.5 Å². The van der Waals surface area contributed by atoms with E-state index < -0.39 is 0 Å². The molecule has 0 saturated carbocycles. The summed E-state index contributed by atoms with van der Waals surface area (Å²) < 4.78 is 10.6. The van der Waals surface area contributed by atoms with Gasteiger partial charge in [-0.05, 0) is 61.1 Å². The van der Waals surface area contributed by atoms with Crippen LogP contribution in [0.5, 0.6) is 0 Å². The molecule has 2 aromatic heterocycles. The lowest BCUT2D eigenvalue weighted by Gasteiger charge is -2.44. The van der Waals surface area contributed by atoms with Crippen LogP contribution in [-0.2, 0) is 4.79 Å². The summed E-state index contributed by atoms with van der Waals surface area (Å²) >= 11 is 1.38. The molecule has 3 saturated heterocycles. The molecule has 0 spiro atoms. The summed E-state index contributed by atoms with van der Waals surface area (Å²) in [6, 6.07) is 8.28. The number of piperidine rings is 3. The van der Waals surface area contributed by atoms with E-state index in [9.17, 15) is 4.79 Å². The topological polar surface area (TPSA) is 95.7 Å². The Morgan fingerprint density at radius 2 is 2.07 bits per heavy atom. The summed E-state index contributed by atoms with van der Waals surface area (Å²) in [5, 5.41) is 11.1. The van der Waals surface area contributed by atoms with Crippen molar-refractivity contribution in [2.75, 3.05) is 19.6 Å². The molecule has 1 atom stereocenters. The molecule has 7 nitrogen and oxygen atoms in total. The highest BCUT2D eigenvalue weighted by atomic mass is 32.1. The normalized spacial score (nSPS) is 23.1. The van der Waals surface area contributed by atoms with Crippen molar-refractivity contribution in [2.24, 2.45) is 5.92 Å². The van der Waals surface area contributed by atoms with Crippen molar-refractivity contribution >= 4 is 34.0 Å². The van der Waals surface area contributed by atoms with Crippen molar-refractivity contribution in [2.45, 2.75) is 18.9 Å². The number of rotatable bonds is 3. The van der Waals surface area contributed by atoms with Crippen molar-refractivity contribution in [3.63, 3.8) is 0 Å². The van der Waals surface area contributed by atoms with Gasteiger partial charge in [0.05, 0.1) is 17.2 Å². The zero-order valence-corrected chi connectivity index (χ0v) is 16.0. The predicted molar refractivity (Wildman–Crippen MR) is 106 cm³/mol. The van der Waals surface area contributed by atoms with E-state index >= 15 is 0 Å². The van der Waals surface area contributed by atoms with Crippen LogP contribution in [0.1, 0.15) is 23.3 Å². The largest absolute Gasteiger partial charge is 0.483 e. The molecule has 5 heterocycles. The average molecular weight is 399 g/mol. The number of carbonyl (C=O) groups excluding carboxylic acids is 1. The van der Waals surface area contributed by atoms with Gasteiger partial charge in [0, 0.05) is 23.5 Å². The van der Waals surface area contributed by atoms with Gasteiger partial charge in [0.15, 0.2) is 0 Å². The summed E-state index contributed by atoms with van der Waals surface area (Å²) in [5.41, 5.74) is 2.66. The van der Waals surface area contributed by atoms with Gasteiger partial charge in [0.2, 0.25) is 0 Å². The first-order valence-corrected chi connectivity index (χ1v) is 10.00. The Hall–Kier alpha value is -2.71. The lowest BCUT2D eigenvalue weighted by Crippen LogP contribution is -2.57. The van der Waals surface area contributed by atoms with Gasteiger partial charge < -0.3 is 19.7 Å². The summed E-state index contributed by atoms with van der Waals surface area (Å²) in [4.78, 5) is 23.6. The van der Waals surface area contributed by atoms with Crippen LogP contribution in [0.2, 0.25) is 0 Å². The van der Waals surface area contributed by atoms with Crippen molar-refractivity contribution in [3.05, 3.63) is 42.5 Å². The van der Waals surface area contributed by atoms with E-state index in [1.165, 1.54) is 37.5 Å². The number of carboxylic acid groups (broad SMARTS) is 1. The molecular formula is C20H21N3O4S. The molecular weight excluding hydrogens is 378 g/mol. The number of amides is 1. The molecule has 0 unspecified atom stereocenters. The van der Waals surface area contributed by atoms with Crippen LogP contribution in [0.3, 0.4) is 0 Å². The summed E-state index contributed by atoms with van der Waals surface area (Å²) in [7, 11) is 0. The van der Waals surface area contributed by atoms with Crippen LogP contribution in [-0.4, -0.2) is 52.4 Å². The van der Waals surface area contributed by atoms with Crippen LogP contribution in [0.25, 0.3) is 21.2 Å². The first kappa shape index (κ1) is 18.6. The van der Waals surface area contributed by atoms with Gasteiger partial charge in [0.1, 0.15) is 5.69 Å². The Morgan fingerprint density at radius 1 is 1.29 bits per heavy atom. The third kappa shape index (κ3) is 3.65. The van der Waals surface area contributed by atoms with Crippen LogP contribution in [0, 0.1) is 5.92 Å². The van der Waals surface area contributed by atoms with Crippen molar-refractivity contribution in [1.29, 1.82) is 0 Å². The standard InChI is InChI=1S/C19H19N3O2S.CH2O2/c23-19(20-16-10-22-6-3-12(16)4-7-22)18-15-2-1-13(9-17(15)25-21-18)14-5-8-24-11-14;2-1-3/h1-2,5,8-9,11-12,16H,3-4,6-7,10H2,(H,20,23);1H,(H,2,3)/t16-;/m0./s1. The highest BCUT2D eigenvalue weighted by molar-refractivity contribution is 7.13. The molecule has 3 aliphatic rings. The quantitative estimate of drug-likeness (QED) is 0.657. The van der Waals surface area contributed by atoms with Crippen LogP contribution in [0.15, 0.2) is 41.2 Å². The van der Waals surface area contributed by atoms with E-state index in [0.717, 1.165) is 27.8 Å². The molecule has 0 aliphatic carbocycles. The smallest absolute Gasteiger partial charge is 0.290 e. The lowest BCUT2D eigenvalue weighted by atomic mass is 9.84. The minimum Gasteiger partial charge on any atom is -0.483 e. The SMILES string of the molecule is O=C(N[C@H]1CN2CCC1CC2)c1nsc2cc(-c3ccoc3)ccc12.O=CO. The Balaban J connectivity index is 0.000000604. The molecule has 28 heavy (non-hydrogen) atoms. The number of nitrogens with zero attached hydrogens (tertiary/aromatic N) is 2. The fourth-order valence-electron chi connectivity index (χ4n) is 4.07. The number of nitrogens with one attached hydrogen (secondary N) is 1. The second kappa shape index (κ2) is 8.12. The molecule has 2 bridgehead atoms. The van der Waals surface area contributed by atoms with Gasteiger partial charge in [-0.1, -0.05) is 12.1 Å². The molecule has 1 amide bonds. The molecule has 3 aromatic rings. The minimum atomic E-state index is -0.250. The second-order valence-electron chi connectivity index (χ2n) is 7.08. The monoisotopic (exact) mass is 399 g/mol. The fourth-order valence-corrected chi connectivity index (χ4v) is 4.89.